The number of nitrogens with one attached hydrogen (secondary N) is 1. The van der Waals surface area contributed by atoms with Gasteiger partial charge in [-0.3, -0.25) is 4.79 Å². The minimum atomic E-state index is -0.307. The summed E-state index contributed by atoms with van der Waals surface area (Å²) in [6.07, 6.45) is 0.672. The summed E-state index contributed by atoms with van der Waals surface area (Å²) in [7, 11) is 3.23. The highest BCUT2D eigenvalue weighted by Gasteiger charge is 2.30. The number of thioether (sulfide) groups is 1. The number of hydrogen-bond donors (Lipinski definition) is 1. The monoisotopic (exact) mass is 465 g/mol. The van der Waals surface area contributed by atoms with Crippen LogP contribution >= 0.6 is 11.8 Å². The number of carbonyl (C=O) groups is 1. The summed E-state index contributed by atoms with van der Waals surface area (Å²) in [4.78, 5) is 22.3. The van der Waals surface area contributed by atoms with Gasteiger partial charge in [-0.2, -0.15) is 0 Å². The molecule has 1 aromatic heterocycles. The van der Waals surface area contributed by atoms with Crippen molar-refractivity contribution in [2.24, 2.45) is 0 Å². The third-order valence-electron chi connectivity index (χ3n) is 5.28. The van der Waals surface area contributed by atoms with Crippen molar-refractivity contribution in [3.05, 3.63) is 59.8 Å². The predicted octanol–water partition coefficient (Wildman–Crippen LogP) is 4.74. The fraction of sp³-hybridized carbons (Fsp3) is 0.320. The summed E-state index contributed by atoms with van der Waals surface area (Å²) in [5.74, 6) is 2.13. The normalized spacial score (nSPS) is 14.3. The molecule has 1 aliphatic rings. The predicted molar refractivity (Wildman–Crippen MR) is 129 cm³/mol. The molecule has 4 rings (SSSR count). The van der Waals surface area contributed by atoms with E-state index in [-0.39, 0.29) is 17.3 Å². The zero-order valence-electron chi connectivity index (χ0n) is 19.2. The van der Waals surface area contributed by atoms with E-state index in [4.69, 9.17) is 24.2 Å². The number of fused-ring (bicyclic) bond motifs is 1. The number of carbonyl (C=O) groups excluding carboxylic acids is 1. The van der Waals surface area contributed by atoms with Crippen molar-refractivity contribution >= 4 is 23.4 Å². The molecular formula is C25H27N3O4S. The fourth-order valence-corrected chi connectivity index (χ4v) is 4.40. The van der Waals surface area contributed by atoms with Crippen LogP contribution in [-0.4, -0.2) is 41.4 Å². The van der Waals surface area contributed by atoms with E-state index in [0.717, 1.165) is 27.6 Å². The number of nitrogens with zero attached hydrogens (tertiary/aromatic N) is 2. The lowest BCUT2D eigenvalue weighted by atomic mass is 9.96. The third-order valence-corrected chi connectivity index (χ3v) is 6.29. The van der Waals surface area contributed by atoms with Gasteiger partial charge in [0.1, 0.15) is 16.5 Å². The summed E-state index contributed by atoms with van der Waals surface area (Å²) >= 11 is 1.39. The summed E-state index contributed by atoms with van der Waals surface area (Å²) in [5, 5.41) is 3.67. The SMILES string of the molecule is COc1cccc(NC(=O)CSc2nc(-c3cccc(OC)c3)nc3c2COC(C)(C)C3)c1. The van der Waals surface area contributed by atoms with Crippen LogP contribution in [0.15, 0.2) is 53.6 Å². The van der Waals surface area contributed by atoms with Crippen LogP contribution in [0, 0.1) is 0 Å². The molecule has 2 heterocycles. The van der Waals surface area contributed by atoms with Gasteiger partial charge in [0.2, 0.25) is 5.91 Å². The van der Waals surface area contributed by atoms with Crippen LogP contribution in [0.4, 0.5) is 5.69 Å². The standard InChI is InChI=1S/C25H27N3O4S/c1-25(2)13-21-20(14-32-25)24(28-23(27-21)16-7-5-9-18(11-16)30-3)33-15-22(29)26-17-8-6-10-19(12-17)31-4/h5-12H,13-15H2,1-4H3,(H,26,29). The highest BCUT2D eigenvalue weighted by molar-refractivity contribution is 8.00. The van der Waals surface area contributed by atoms with E-state index in [2.05, 4.69) is 19.2 Å². The lowest BCUT2D eigenvalue weighted by Gasteiger charge is -2.32. The number of benzene rings is 2. The lowest BCUT2D eigenvalue weighted by molar-refractivity contribution is -0.113. The Labute approximate surface area is 197 Å². The van der Waals surface area contributed by atoms with E-state index in [1.54, 1.807) is 20.3 Å². The van der Waals surface area contributed by atoms with Gasteiger partial charge in [-0.1, -0.05) is 30.0 Å². The molecule has 0 atom stereocenters. The zero-order chi connectivity index (χ0) is 23.4. The van der Waals surface area contributed by atoms with Gasteiger partial charge < -0.3 is 19.5 Å². The van der Waals surface area contributed by atoms with Crippen LogP contribution in [-0.2, 0) is 22.6 Å². The molecule has 0 saturated heterocycles. The van der Waals surface area contributed by atoms with Crippen molar-refractivity contribution in [1.82, 2.24) is 9.97 Å². The van der Waals surface area contributed by atoms with Crippen LogP contribution in [0.2, 0.25) is 0 Å². The van der Waals surface area contributed by atoms with Crippen molar-refractivity contribution in [1.29, 1.82) is 0 Å². The second-order valence-electron chi connectivity index (χ2n) is 8.30. The van der Waals surface area contributed by atoms with E-state index < -0.39 is 0 Å². The number of anilines is 1. The number of rotatable bonds is 7. The molecule has 0 aliphatic carbocycles. The molecule has 0 saturated carbocycles. The molecule has 0 unspecified atom stereocenters. The van der Waals surface area contributed by atoms with Crippen molar-refractivity contribution in [2.75, 3.05) is 25.3 Å². The highest BCUT2D eigenvalue weighted by atomic mass is 32.2. The van der Waals surface area contributed by atoms with E-state index in [9.17, 15) is 4.79 Å². The van der Waals surface area contributed by atoms with Gasteiger partial charge in [0, 0.05) is 29.3 Å². The Morgan fingerprint density at radius 2 is 1.82 bits per heavy atom. The third kappa shape index (κ3) is 5.64. The number of ether oxygens (including phenoxy) is 3. The quantitative estimate of drug-likeness (QED) is 0.398. The van der Waals surface area contributed by atoms with Gasteiger partial charge in [0.15, 0.2) is 5.82 Å². The molecule has 172 valence electrons. The van der Waals surface area contributed by atoms with Gasteiger partial charge >= 0.3 is 0 Å². The number of methoxy groups -OCH3 is 2. The molecule has 3 aromatic rings. The Balaban J connectivity index is 1.59. The van der Waals surface area contributed by atoms with Gasteiger partial charge in [-0.05, 0) is 38.1 Å². The molecule has 0 spiro atoms. The number of amides is 1. The Hall–Kier alpha value is -3.10. The fourth-order valence-electron chi connectivity index (χ4n) is 3.56. The van der Waals surface area contributed by atoms with Gasteiger partial charge in [-0.15, -0.1) is 0 Å². The second kappa shape index (κ2) is 9.80. The van der Waals surface area contributed by atoms with Crippen LogP contribution in [0.1, 0.15) is 25.1 Å². The van der Waals surface area contributed by atoms with E-state index in [1.165, 1.54) is 11.8 Å². The smallest absolute Gasteiger partial charge is 0.234 e. The summed E-state index contributed by atoms with van der Waals surface area (Å²) in [6, 6.07) is 15.0. The first-order valence-corrected chi connectivity index (χ1v) is 11.6. The Kier molecular flexibility index (Phi) is 6.85. The topological polar surface area (TPSA) is 82.6 Å². The molecule has 33 heavy (non-hydrogen) atoms. The molecule has 0 fully saturated rings. The van der Waals surface area contributed by atoms with Crippen molar-refractivity contribution < 1.29 is 19.0 Å². The van der Waals surface area contributed by atoms with E-state index in [1.807, 2.05) is 42.5 Å². The van der Waals surface area contributed by atoms with E-state index >= 15 is 0 Å². The molecule has 1 aliphatic heterocycles. The second-order valence-corrected chi connectivity index (χ2v) is 9.27. The van der Waals surface area contributed by atoms with Crippen LogP contribution < -0.4 is 14.8 Å². The lowest BCUT2D eigenvalue weighted by Crippen LogP contribution is -2.33. The molecule has 1 amide bonds. The minimum absolute atomic E-state index is 0.124. The molecule has 0 radical (unpaired) electrons. The van der Waals surface area contributed by atoms with Gasteiger partial charge in [-0.25, -0.2) is 9.97 Å². The summed E-state index contributed by atoms with van der Waals surface area (Å²) in [5.41, 5.74) is 3.14. The maximum absolute atomic E-state index is 12.6. The van der Waals surface area contributed by atoms with Crippen LogP contribution in [0.5, 0.6) is 11.5 Å². The van der Waals surface area contributed by atoms with Gasteiger partial charge in [0.05, 0.1) is 37.9 Å². The highest BCUT2D eigenvalue weighted by Crippen LogP contribution is 2.34. The first kappa shape index (κ1) is 23.1. The largest absolute Gasteiger partial charge is 0.497 e. The summed E-state index contributed by atoms with van der Waals surface area (Å²) in [6.45, 7) is 4.52. The minimum Gasteiger partial charge on any atom is -0.497 e. The maximum Gasteiger partial charge on any atom is 0.234 e. The molecule has 0 bridgehead atoms. The maximum atomic E-state index is 12.6. The Bertz CT molecular complexity index is 1170. The number of aromatic nitrogens is 2. The van der Waals surface area contributed by atoms with Crippen molar-refractivity contribution in [2.45, 2.75) is 37.5 Å². The molecule has 7 nitrogen and oxygen atoms in total. The first-order valence-electron chi connectivity index (χ1n) is 10.6. The summed E-state index contributed by atoms with van der Waals surface area (Å²) < 4.78 is 16.6. The Morgan fingerprint density at radius 1 is 1.09 bits per heavy atom. The zero-order valence-corrected chi connectivity index (χ0v) is 20.0. The molecule has 1 N–H and O–H groups in total. The molecule has 2 aromatic carbocycles. The van der Waals surface area contributed by atoms with Crippen LogP contribution in [0.3, 0.4) is 0 Å². The number of hydrogen-bond acceptors (Lipinski definition) is 7. The first-order chi connectivity index (χ1) is 15.9. The molecule has 8 heteroatoms. The average molecular weight is 466 g/mol. The van der Waals surface area contributed by atoms with Crippen molar-refractivity contribution in [3.8, 4) is 22.9 Å². The van der Waals surface area contributed by atoms with Gasteiger partial charge in [0.25, 0.3) is 0 Å². The average Bonchev–Trinajstić information content (AvgIpc) is 2.81. The van der Waals surface area contributed by atoms with E-state index in [0.29, 0.717) is 30.3 Å². The van der Waals surface area contributed by atoms with Crippen LogP contribution in [0.25, 0.3) is 11.4 Å². The Morgan fingerprint density at radius 3 is 2.58 bits per heavy atom. The van der Waals surface area contributed by atoms with Crippen molar-refractivity contribution in [3.63, 3.8) is 0 Å². The molecular weight excluding hydrogens is 438 g/mol.